The minimum absolute atomic E-state index is 0.854. The van der Waals surface area contributed by atoms with Crippen molar-refractivity contribution < 1.29 is 4.74 Å². The molecule has 0 aliphatic heterocycles. The van der Waals surface area contributed by atoms with Crippen molar-refractivity contribution >= 4 is 33.2 Å². The predicted molar refractivity (Wildman–Crippen MR) is 118 cm³/mol. The number of rotatable bonds is 4. The van der Waals surface area contributed by atoms with Crippen LogP contribution in [0.2, 0.25) is 0 Å². The topological polar surface area (TPSA) is 37.0 Å². The molecule has 3 heteroatoms. The van der Waals surface area contributed by atoms with Gasteiger partial charge in [-0.3, -0.25) is 0 Å². The average Bonchev–Trinajstić information content (AvgIpc) is 3.14. The van der Waals surface area contributed by atoms with Crippen molar-refractivity contribution in [2.24, 2.45) is 0 Å². The predicted octanol–water partition coefficient (Wildman–Crippen LogP) is 6.74. The number of hydrogen-bond donors (Lipinski definition) is 2. The van der Waals surface area contributed by atoms with Gasteiger partial charge in [-0.25, -0.2) is 0 Å². The number of para-hydroxylation sites is 2. The third-order valence-corrected chi connectivity index (χ3v) is 5.12. The number of fused-ring (bicyclic) bond motifs is 3. The number of methoxy groups -OCH3 is 1. The van der Waals surface area contributed by atoms with Gasteiger partial charge in [-0.15, -0.1) is 0 Å². The summed E-state index contributed by atoms with van der Waals surface area (Å²) in [5, 5.41) is 5.95. The number of aromatic nitrogens is 1. The first kappa shape index (κ1) is 16.5. The van der Waals surface area contributed by atoms with Crippen LogP contribution in [0.4, 0.5) is 11.4 Å². The number of nitrogens with one attached hydrogen (secondary N) is 2. The molecule has 28 heavy (non-hydrogen) atoms. The van der Waals surface area contributed by atoms with E-state index in [0.29, 0.717) is 0 Å². The molecule has 0 aliphatic carbocycles. The molecule has 1 heterocycles. The van der Waals surface area contributed by atoms with E-state index < -0.39 is 0 Å². The van der Waals surface area contributed by atoms with Crippen LogP contribution in [0.3, 0.4) is 0 Å². The van der Waals surface area contributed by atoms with E-state index in [1.165, 1.54) is 32.9 Å². The smallest absolute Gasteiger partial charge is 0.119 e. The molecule has 0 unspecified atom stereocenters. The number of hydrogen-bond acceptors (Lipinski definition) is 2. The second-order valence-corrected chi connectivity index (χ2v) is 6.83. The molecular formula is C25H20N2O. The Kier molecular flexibility index (Phi) is 3.99. The van der Waals surface area contributed by atoms with Crippen molar-refractivity contribution in [1.29, 1.82) is 0 Å². The zero-order chi connectivity index (χ0) is 18.9. The Labute approximate surface area is 163 Å². The molecule has 2 N–H and O–H groups in total. The van der Waals surface area contributed by atoms with Crippen LogP contribution in [0.5, 0.6) is 5.75 Å². The fourth-order valence-corrected chi connectivity index (χ4v) is 3.69. The van der Waals surface area contributed by atoms with Gasteiger partial charge in [0.15, 0.2) is 0 Å². The fraction of sp³-hybridized carbons (Fsp3) is 0.0400. The summed E-state index contributed by atoms with van der Waals surface area (Å²) in [4.78, 5) is 3.58. The van der Waals surface area contributed by atoms with E-state index in [9.17, 15) is 0 Å². The van der Waals surface area contributed by atoms with Gasteiger partial charge in [0.25, 0.3) is 0 Å². The van der Waals surface area contributed by atoms with Gasteiger partial charge in [0.05, 0.1) is 12.6 Å². The van der Waals surface area contributed by atoms with Crippen molar-refractivity contribution in [3.63, 3.8) is 0 Å². The van der Waals surface area contributed by atoms with E-state index in [0.717, 1.165) is 17.1 Å². The summed E-state index contributed by atoms with van der Waals surface area (Å²) in [6.45, 7) is 0. The number of aromatic amines is 1. The van der Waals surface area contributed by atoms with E-state index in [4.69, 9.17) is 4.74 Å². The van der Waals surface area contributed by atoms with Crippen LogP contribution in [0.15, 0.2) is 91.0 Å². The lowest BCUT2D eigenvalue weighted by Gasteiger charge is -2.09. The molecule has 0 bridgehead atoms. The van der Waals surface area contributed by atoms with E-state index >= 15 is 0 Å². The number of benzene rings is 4. The number of H-pyrrole nitrogens is 1. The Bertz CT molecular complexity index is 1250. The monoisotopic (exact) mass is 364 g/mol. The van der Waals surface area contributed by atoms with Crippen molar-refractivity contribution in [1.82, 2.24) is 4.98 Å². The Morgan fingerprint density at radius 1 is 0.679 bits per heavy atom. The number of anilines is 2. The fourth-order valence-electron chi connectivity index (χ4n) is 3.69. The first-order valence-electron chi connectivity index (χ1n) is 9.33. The summed E-state index contributed by atoms with van der Waals surface area (Å²) in [6, 6.07) is 31.4. The van der Waals surface area contributed by atoms with Gasteiger partial charge < -0.3 is 15.0 Å². The first-order valence-corrected chi connectivity index (χ1v) is 9.33. The molecule has 0 fully saturated rings. The first-order chi connectivity index (χ1) is 13.8. The molecule has 0 saturated carbocycles. The molecular weight excluding hydrogens is 344 g/mol. The molecule has 0 spiro atoms. The van der Waals surface area contributed by atoms with Crippen LogP contribution >= 0.6 is 0 Å². The second-order valence-electron chi connectivity index (χ2n) is 6.83. The van der Waals surface area contributed by atoms with Gasteiger partial charge >= 0.3 is 0 Å². The lowest BCUT2D eigenvalue weighted by molar-refractivity contribution is 0.415. The van der Waals surface area contributed by atoms with Crippen LogP contribution in [0, 0.1) is 0 Å². The molecule has 3 nitrogen and oxygen atoms in total. The minimum atomic E-state index is 0.854. The Morgan fingerprint density at radius 3 is 2.11 bits per heavy atom. The Hall–Kier alpha value is -3.72. The quantitative estimate of drug-likeness (QED) is 0.370. The third-order valence-electron chi connectivity index (χ3n) is 5.12. The Morgan fingerprint density at radius 2 is 1.36 bits per heavy atom. The third kappa shape index (κ3) is 2.87. The standard InChI is InChI=1S/C25H20N2O/c1-28-20-15-13-19(14-16-20)26-18-11-9-17(10-12-18)21-6-4-7-23-22-5-2-3-8-24(22)27-25(21)23/h2-16,26-27H,1H3. The molecule has 0 atom stereocenters. The van der Waals surface area contributed by atoms with E-state index in [2.05, 4.69) is 77.0 Å². The van der Waals surface area contributed by atoms with E-state index in [1.54, 1.807) is 7.11 Å². The summed E-state index contributed by atoms with van der Waals surface area (Å²) in [5.41, 5.74) is 6.84. The van der Waals surface area contributed by atoms with Gasteiger partial charge in [-0.05, 0) is 48.0 Å². The Balaban J connectivity index is 1.48. The lowest BCUT2D eigenvalue weighted by atomic mass is 10.0. The molecule has 136 valence electrons. The van der Waals surface area contributed by atoms with Crippen LogP contribution in [0.1, 0.15) is 0 Å². The summed E-state index contributed by atoms with van der Waals surface area (Å²) < 4.78 is 5.21. The SMILES string of the molecule is COc1ccc(Nc2ccc(-c3cccc4c3[nH]c3ccccc34)cc2)cc1. The van der Waals surface area contributed by atoms with Crippen LogP contribution < -0.4 is 10.1 Å². The van der Waals surface area contributed by atoms with Crippen LogP contribution in [-0.4, -0.2) is 12.1 Å². The highest BCUT2D eigenvalue weighted by atomic mass is 16.5. The van der Waals surface area contributed by atoms with E-state index in [-0.39, 0.29) is 0 Å². The lowest BCUT2D eigenvalue weighted by Crippen LogP contribution is -1.90. The van der Waals surface area contributed by atoms with Gasteiger partial charge in [0.1, 0.15) is 5.75 Å². The maximum absolute atomic E-state index is 5.21. The normalized spacial score (nSPS) is 11.0. The van der Waals surface area contributed by atoms with Crippen molar-refractivity contribution in [2.75, 3.05) is 12.4 Å². The highest BCUT2D eigenvalue weighted by Gasteiger charge is 2.09. The molecule has 4 aromatic carbocycles. The largest absolute Gasteiger partial charge is 0.497 e. The molecule has 0 saturated heterocycles. The van der Waals surface area contributed by atoms with Crippen molar-refractivity contribution in [2.45, 2.75) is 0 Å². The molecule has 0 radical (unpaired) electrons. The highest BCUT2D eigenvalue weighted by Crippen LogP contribution is 2.33. The molecule has 1 aromatic heterocycles. The zero-order valence-corrected chi connectivity index (χ0v) is 15.6. The van der Waals surface area contributed by atoms with Gasteiger partial charge in [0.2, 0.25) is 0 Å². The average molecular weight is 364 g/mol. The van der Waals surface area contributed by atoms with Crippen LogP contribution in [0.25, 0.3) is 32.9 Å². The summed E-state index contributed by atoms with van der Waals surface area (Å²) in [6.07, 6.45) is 0. The van der Waals surface area contributed by atoms with Gasteiger partial charge in [0, 0.05) is 33.2 Å². The van der Waals surface area contributed by atoms with Gasteiger partial charge in [-0.1, -0.05) is 48.5 Å². The van der Waals surface area contributed by atoms with E-state index in [1.807, 2.05) is 24.3 Å². The second kappa shape index (κ2) is 6.78. The zero-order valence-electron chi connectivity index (χ0n) is 15.6. The molecule has 5 aromatic rings. The summed E-state index contributed by atoms with van der Waals surface area (Å²) in [5.74, 6) is 0.854. The summed E-state index contributed by atoms with van der Waals surface area (Å²) in [7, 11) is 1.68. The molecule has 0 aliphatic rings. The van der Waals surface area contributed by atoms with Crippen molar-refractivity contribution in [3.8, 4) is 16.9 Å². The minimum Gasteiger partial charge on any atom is -0.497 e. The van der Waals surface area contributed by atoms with Crippen molar-refractivity contribution in [3.05, 3.63) is 91.0 Å². The van der Waals surface area contributed by atoms with Crippen LogP contribution in [-0.2, 0) is 0 Å². The molecule has 5 rings (SSSR count). The van der Waals surface area contributed by atoms with Gasteiger partial charge in [-0.2, -0.15) is 0 Å². The molecule has 0 amide bonds. The maximum Gasteiger partial charge on any atom is 0.119 e. The highest BCUT2D eigenvalue weighted by molar-refractivity contribution is 6.11. The number of ether oxygens (including phenoxy) is 1. The summed E-state index contributed by atoms with van der Waals surface area (Å²) >= 11 is 0. The maximum atomic E-state index is 5.21.